The average molecular weight is 264 g/mol. The van der Waals surface area contributed by atoms with E-state index < -0.39 is 27.3 Å². The molecule has 2 atom stereocenters. The summed E-state index contributed by atoms with van der Waals surface area (Å²) in [6.45, 7) is 0. The smallest absolute Gasteiger partial charge is 0.320 e. The Morgan fingerprint density at radius 2 is 2.06 bits per heavy atom. The number of carboxylic acid groups (broad SMARTS) is 1. The van der Waals surface area contributed by atoms with Crippen molar-refractivity contribution in [3.05, 3.63) is 0 Å². The minimum atomic E-state index is -2.82. The van der Waals surface area contributed by atoms with E-state index in [1.165, 1.54) is 0 Å². The molecule has 0 saturated heterocycles. The van der Waals surface area contributed by atoms with Crippen molar-refractivity contribution in [2.45, 2.75) is 43.7 Å². The van der Waals surface area contributed by atoms with Gasteiger partial charge in [0.15, 0.2) is 0 Å². The number of nitrogens with one attached hydrogen (secondary N) is 1. The maximum atomic E-state index is 11.8. The summed E-state index contributed by atoms with van der Waals surface area (Å²) >= 11 is 0. The molecule has 0 amide bonds. The lowest BCUT2D eigenvalue weighted by atomic mass is 9.78. The molecule has 100 valence electrons. The van der Waals surface area contributed by atoms with Crippen LogP contribution in [0.25, 0.3) is 0 Å². The van der Waals surface area contributed by atoms with Gasteiger partial charge in [0.1, 0.15) is 6.04 Å². The average Bonchev–Trinajstić information content (AvgIpc) is 2.20. The molecule has 0 aromatic carbocycles. The van der Waals surface area contributed by atoms with Crippen molar-refractivity contribution < 1.29 is 19.2 Å². The Kier molecular flexibility index (Phi) is 4.51. The molecule has 0 radical (unpaired) electrons. The van der Waals surface area contributed by atoms with Crippen molar-refractivity contribution >= 4 is 15.7 Å². The van der Waals surface area contributed by atoms with Crippen molar-refractivity contribution in [2.24, 2.45) is 5.73 Å². The third-order valence-corrected chi connectivity index (χ3v) is 5.02. The fourth-order valence-electron chi connectivity index (χ4n) is 1.73. The predicted molar refractivity (Wildman–Crippen MR) is 64.2 cm³/mol. The van der Waals surface area contributed by atoms with E-state index >= 15 is 0 Å². The lowest BCUT2D eigenvalue weighted by Gasteiger charge is -2.36. The van der Waals surface area contributed by atoms with Gasteiger partial charge in [-0.1, -0.05) is 0 Å². The van der Waals surface area contributed by atoms with Gasteiger partial charge in [0.2, 0.25) is 0 Å². The first-order valence-electron chi connectivity index (χ1n) is 5.69. The maximum absolute atomic E-state index is 11.8. The van der Waals surface area contributed by atoms with Gasteiger partial charge in [0.05, 0.1) is 5.60 Å². The Hall–Kier alpha value is -0.660. The zero-order valence-corrected chi connectivity index (χ0v) is 10.5. The second-order valence-electron chi connectivity index (χ2n) is 4.78. The maximum Gasteiger partial charge on any atom is 0.320 e. The van der Waals surface area contributed by atoms with Crippen LogP contribution in [-0.4, -0.2) is 43.5 Å². The Bertz CT molecular complexity index is 376. The van der Waals surface area contributed by atoms with Crippen molar-refractivity contribution in [3.8, 4) is 0 Å². The van der Waals surface area contributed by atoms with Gasteiger partial charge in [-0.2, -0.15) is 0 Å². The van der Waals surface area contributed by atoms with Gasteiger partial charge in [-0.3, -0.25) is 9.57 Å². The van der Waals surface area contributed by atoms with Gasteiger partial charge in [-0.05, 0) is 32.1 Å². The number of nitrogens with two attached hydrogens (primary N) is 1. The van der Waals surface area contributed by atoms with Crippen LogP contribution < -0.4 is 5.73 Å². The van der Waals surface area contributed by atoms with E-state index in [1.54, 1.807) is 0 Å². The summed E-state index contributed by atoms with van der Waals surface area (Å²) in [6, 6.07) is -1.06. The molecule has 0 heterocycles. The summed E-state index contributed by atoms with van der Waals surface area (Å²) in [5.74, 6) is -1.04. The molecule has 0 bridgehead atoms. The summed E-state index contributed by atoms with van der Waals surface area (Å²) in [4.78, 5) is 10.5. The summed E-state index contributed by atoms with van der Waals surface area (Å²) < 4.78 is 19.4. The Balaban J connectivity index is 2.33. The Labute approximate surface area is 101 Å². The molecule has 0 aromatic heterocycles. The quantitative estimate of drug-likeness (QED) is 0.520. The minimum Gasteiger partial charge on any atom is -0.480 e. The molecule has 1 rings (SSSR count). The number of carboxylic acids is 1. The first-order valence-corrected chi connectivity index (χ1v) is 7.59. The second-order valence-corrected chi connectivity index (χ2v) is 7.22. The number of aliphatic carboxylic acids is 1. The number of rotatable bonds is 7. The molecule has 0 aliphatic heterocycles. The molecule has 0 spiro atoms. The van der Waals surface area contributed by atoms with Gasteiger partial charge in [-0.25, -0.2) is 4.21 Å². The van der Waals surface area contributed by atoms with Crippen LogP contribution in [0.3, 0.4) is 0 Å². The monoisotopic (exact) mass is 264 g/mol. The van der Waals surface area contributed by atoms with E-state index in [2.05, 4.69) is 0 Å². The van der Waals surface area contributed by atoms with Gasteiger partial charge in [-0.15, -0.1) is 0 Å². The number of hydrogen-bond donors (Lipinski definition) is 4. The fraction of sp³-hybridized carbons (Fsp3) is 0.900. The summed E-state index contributed by atoms with van der Waals surface area (Å²) in [5.41, 5.74) is 4.55. The number of carbonyl (C=O) groups is 1. The zero-order chi connectivity index (χ0) is 13.1. The van der Waals surface area contributed by atoms with E-state index in [9.17, 15) is 14.1 Å². The van der Waals surface area contributed by atoms with Crippen molar-refractivity contribution in [1.29, 1.82) is 4.78 Å². The van der Waals surface area contributed by atoms with Gasteiger partial charge in [0.25, 0.3) is 0 Å². The largest absolute Gasteiger partial charge is 0.480 e. The van der Waals surface area contributed by atoms with E-state index in [4.69, 9.17) is 15.6 Å². The zero-order valence-electron chi connectivity index (χ0n) is 9.72. The van der Waals surface area contributed by atoms with Crippen molar-refractivity contribution in [1.82, 2.24) is 0 Å². The molecular weight excluding hydrogens is 244 g/mol. The van der Waals surface area contributed by atoms with Gasteiger partial charge in [0, 0.05) is 21.2 Å². The summed E-state index contributed by atoms with van der Waals surface area (Å²) in [6.07, 6.45) is 2.78. The predicted octanol–water partition coefficient (Wildman–Crippen LogP) is 0.140. The normalized spacial score (nSPS) is 23.4. The molecule has 1 unspecified atom stereocenters. The lowest BCUT2D eigenvalue weighted by molar-refractivity contribution is -0.138. The van der Waals surface area contributed by atoms with E-state index in [0.717, 1.165) is 6.42 Å². The molecule has 0 aromatic rings. The van der Waals surface area contributed by atoms with E-state index in [-0.39, 0.29) is 17.9 Å². The SMILES string of the molecule is N=[S@@](=O)(CCC(N)C(=O)O)CCC1(O)CCC1. The van der Waals surface area contributed by atoms with Crippen molar-refractivity contribution in [3.63, 3.8) is 0 Å². The Morgan fingerprint density at radius 3 is 2.47 bits per heavy atom. The van der Waals surface area contributed by atoms with Gasteiger partial charge >= 0.3 is 5.97 Å². The second kappa shape index (κ2) is 5.32. The van der Waals surface area contributed by atoms with Gasteiger partial charge < -0.3 is 15.9 Å². The molecule has 7 heteroatoms. The molecular formula is C10H20N2O4S. The number of hydrogen-bond acceptors (Lipinski definition) is 5. The van der Waals surface area contributed by atoms with Crippen LogP contribution >= 0.6 is 0 Å². The third-order valence-electron chi connectivity index (χ3n) is 3.26. The van der Waals surface area contributed by atoms with Crippen LogP contribution in [0.4, 0.5) is 0 Å². The third kappa shape index (κ3) is 4.61. The highest BCUT2D eigenvalue weighted by atomic mass is 32.2. The van der Waals surface area contributed by atoms with E-state index in [0.29, 0.717) is 19.3 Å². The van der Waals surface area contributed by atoms with Crippen molar-refractivity contribution in [2.75, 3.05) is 11.5 Å². The fourth-order valence-corrected chi connectivity index (χ4v) is 3.28. The highest BCUT2D eigenvalue weighted by Gasteiger charge is 2.34. The lowest BCUT2D eigenvalue weighted by Crippen LogP contribution is -2.39. The number of aliphatic hydroxyl groups is 1. The minimum absolute atomic E-state index is 0.0173. The molecule has 1 fully saturated rings. The molecule has 1 aliphatic rings. The van der Waals surface area contributed by atoms with E-state index in [1.807, 2.05) is 0 Å². The van der Waals surface area contributed by atoms with Crippen LogP contribution in [0, 0.1) is 4.78 Å². The standard InChI is InChI=1S/C10H20N2O4S/c11-8(9(13)14)2-6-17(12,16)7-5-10(15)3-1-4-10/h8,12,15H,1-7,11H2,(H,13,14)/t8?,17-/m1/s1. The topological polar surface area (TPSA) is 124 Å². The molecule has 5 N–H and O–H groups in total. The highest BCUT2D eigenvalue weighted by Crippen LogP contribution is 2.34. The first-order chi connectivity index (χ1) is 7.74. The van der Waals surface area contributed by atoms with Crippen LogP contribution in [0.15, 0.2) is 0 Å². The van der Waals surface area contributed by atoms with Crippen LogP contribution in [-0.2, 0) is 14.5 Å². The van der Waals surface area contributed by atoms with Crippen LogP contribution in [0.5, 0.6) is 0 Å². The Morgan fingerprint density at radius 1 is 1.47 bits per heavy atom. The summed E-state index contributed by atoms with van der Waals surface area (Å²) in [5, 5.41) is 18.4. The first kappa shape index (κ1) is 14.4. The molecule has 6 nitrogen and oxygen atoms in total. The van der Waals surface area contributed by atoms with Crippen LogP contribution in [0.2, 0.25) is 0 Å². The molecule has 1 saturated carbocycles. The molecule has 17 heavy (non-hydrogen) atoms. The molecule has 1 aliphatic carbocycles. The highest BCUT2D eigenvalue weighted by molar-refractivity contribution is 7.92. The summed E-state index contributed by atoms with van der Waals surface area (Å²) in [7, 11) is -2.82. The van der Waals surface area contributed by atoms with Crippen LogP contribution in [0.1, 0.15) is 32.1 Å².